The number of hydrogen-bond acceptors (Lipinski definition) is 8. The largest absolute Gasteiger partial charge is 0.481 e. The third-order valence-electron chi connectivity index (χ3n) is 10.2. The fraction of sp³-hybridized carbons (Fsp3) is 0.324. The van der Waals surface area contributed by atoms with Gasteiger partial charge in [0.25, 0.3) is 5.56 Å². The topological polar surface area (TPSA) is 114 Å². The first-order chi connectivity index (χ1) is 23.1. The number of nitrogens with zero attached hydrogens (tertiary/aromatic N) is 5. The molecule has 1 spiro atoms. The quantitative estimate of drug-likeness (QED) is 0.227. The van der Waals surface area contributed by atoms with E-state index in [1.165, 1.54) is 10.2 Å². The highest BCUT2D eigenvalue weighted by atomic mass is 35.5. The van der Waals surface area contributed by atoms with Crippen molar-refractivity contribution >= 4 is 39.8 Å². The average molecular weight is 662 g/mol. The lowest BCUT2D eigenvalue weighted by Crippen LogP contribution is -2.67. The number of halogens is 1. The summed E-state index contributed by atoms with van der Waals surface area (Å²) in [5.74, 6) is 1.27. The Bertz CT molecular complexity index is 2210. The number of fused-ring (bicyclic) bond motifs is 2. The molecule has 2 aliphatic heterocycles. The standard InChI is InChI=1S/C37H36ClN7O3/c1-20-15-23-17-39-44(3)36(47)32(23)34(40-20)41-27-10-6-7-24(21(27)2)25-8-5-9-26(33(25)38)28-16-22-11-12-29(31(22)35(42-28)48-4)45-18-37(19-45)14-13-30(46)43-37/h5-10,15-17,29H,11-14,18-19H2,1-4H3,(H,40,41)(H,43,46)/t29-/m1/s1. The Labute approximate surface area is 283 Å². The Morgan fingerprint density at radius 2 is 1.79 bits per heavy atom. The number of benzene rings is 2. The maximum Gasteiger partial charge on any atom is 0.278 e. The molecule has 5 aromatic rings. The van der Waals surface area contributed by atoms with E-state index >= 15 is 0 Å². The first-order valence-electron chi connectivity index (χ1n) is 16.3. The maximum atomic E-state index is 13.1. The molecule has 5 heterocycles. The van der Waals surface area contributed by atoms with Gasteiger partial charge in [0.05, 0.1) is 34.9 Å². The molecule has 11 heteroatoms. The molecule has 1 aliphatic carbocycles. The Kier molecular flexibility index (Phi) is 7.26. The predicted octanol–water partition coefficient (Wildman–Crippen LogP) is 6.03. The molecule has 244 valence electrons. The number of rotatable bonds is 6. The number of pyridine rings is 2. The number of aromatic nitrogens is 4. The van der Waals surface area contributed by atoms with Crippen LogP contribution in [0.2, 0.25) is 5.02 Å². The number of likely N-dealkylation sites (tertiary alicyclic amines) is 1. The monoisotopic (exact) mass is 661 g/mol. The van der Waals surface area contributed by atoms with Crippen LogP contribution in [0.4, 0.5) is 11.5 Å². The van der Waals surface area contributed by atoms with Crippen molar-refractivity contribution < 1.29 is 9.53 Å². The van der Waals surface area contributed by atoms with Crippen LogP contribution in [-0.4, -0.2) is 56.3 Å². The molecule has 10 nitrogen and oxygen atoms in total. The van der Waals surface area contributed by atoms with Crippen LogP contribution in [0.3, 0.4) is 0 Å². The summed E-state index contributed by atoms with van der Waals surface area (Å²) in [5, 5.41) is 12.6. The number of amides is 1. The lowest BCUT2D eigenvalue weighted by atomic mass is 9.86. The van der Waals surface area contributed by atoms with Gasteiger partial charge in [-0.15, -0.1) is 0 Å². The fourth-order valence-electron chi connectivity index (χ4n) is 7.81. The van der Waals surface area contributed by atoms with Crippen LogP contribution in [0.5, 0.6) is 5.88 Å². The highest BCUT2D eigenvalue weighted by molar-refractivity contribution is 6.36. The number of hydrogen-bond donors (Lipinski definition) is 2. The molecule has 0 radical (unpaired) electrons. The molecule has 1 amide bonds. The highest BCUT2D eigenvalue weighted by Gasteiger charge is 2.51. The molecular weight excluding hydrogens is 626 g/mol. The first kappa shape index (κ1) is 30.5. The molecule has 2 aromatic carbocycles. The predicted molar refractivity (Wildman–Crippen MR) is 187 cm³/mol. The smallest absolute Gasteiger partial charge is 0.278 e. The number of methoxy groups -OCH3 is 1. The van der Waals surface area contributed by atoms with Crippen LogP contribution in [-0.2, 0) is 18.3 Å². The Morgan fingerprint density at radius 1 is 1.02 bits per heavy atom. The lowest BCUT2D eigenvalue weighted by molar-refractivity contribution is -0.121. The van der Waals surface area contributed by atoms with Gasteiger partial charge in [0.15, 0.2) is 0 Å². The van der Waals surface area contributed by atoms with Gasteiger partial charge in [-0.3, -0.25) is 14.5 Å². The molecule has 2 fully saturated rings. The number of carbonyl (C=O) groups excluding carboxylic acids is 1. The van der Waals surface area contributed by atoms with E-state index in [0.717, 1.165) is 82.6 Å². The van der Waals surface area contributed by atoms with E-state index in [2.05, 4.69) is 31.7 Å². The second-order valence-corrected chi connectivity index (χ2v) is 13.7. The van der Waals surface area contributed by atoms with Crippen molar-refractivity contribution in [3.05, 3.63) is 92.5 Å². The summed E-state index contributed by atoms with van der Waals surface area (Å²) in [6.45, 7) is 5.65. The van der Waals surface area contributed by atoms with E-state index < -0.39 is 0 Å². The normalized spacial score (nSPS) is 18.2. The van der Waals surface area contributed by atoms with E-state index in [0.29, 0.717) is 28.5 Å². The summed E-state index contributed by atoms with van der Waals surface area (Å²) >= 11 is 7.23. The van der Waals surface area contributed by atoms with Gasteiger partial charge < -0.3 is 15.4 Å². The van der Waals surface area contributed by atoms with E-state index in [1.807, 2.05) is 56.3 Å². The second kappa shape index (κ2) is 11.4. The van der Waals surface area contributed by atoms with Gasteiger partial charge in [-0.1, -0.05) is 41.9 Å². The van der Waals surface area contributed by atoms with Crippen LogP contribution < -0.4 is 20.9 Å². The Morgan fingerprint density at radius 3 is 2.56 bits per heavy atom. The van der Waals surface area contributed by atoms with Gasteiger partial charge in [0, 0.05) is 66.1 Å². The number of nitrogens with one attached hydrogen (secondary N) is 2. The zero-order valence-corrected chi connectivity index (χ0v) is 28.1. The number of anilines is 2. The van der Waals surface area contributed by atoms with Crippen molar-refractivity contribution in [1.29, 1.82) is 0 Å². The van der Waals surface area contributed by atoms with Gasteiger partial charge in [-0.25, -0.2) is 14.6 Å². The minimum Gasteiger partial charge on any atom is -0.481 e. The van der Waals surface area contributed by atoms with Gasteiger partial charge in [0.1, 0.15) is 5.82 Å². The van der Waals surface area contributed by atoms with E-state index in [4.69, 9.17) is 21.3 Å². The third kappa shape index (κ3) is 4.93. The minimum atomic E-state index is -0.216. The van der Waals surface area contributed by atoms with Gasteiger partial charge in [0.2, 0.25) is 11.8 Å². The number of carbonyl (C=O) groups is 1. The van der Waals surface area contributed by atoms with Crippen molar-refractivity contribution in [2.75, 3.05) is 25.5 Å². The summed E-state index contributed by atoms with van der Waals surface area (Å²) in [5.41, 5.74) is 8.08. The molecule has 1 atom stereocenters. The summed E-state index contributed by atoms with van der Waals surface area (Å²) in [4.78, 5) is 37.1. The molecule has 8 rings (SSSR count). The van der Waals surface area contributed by atoms with Gasteiger partial charge >= 0.3 is 0 Å². The zero-order chi connectivity index (χ0) is 33.3. The van der Waals surface area contributed by atoms with E-state index in [9.17, 15) is 9.59 Å². The minimum absolute atomic E-state index is 0.0712. The molecule has 2 N–H and O–H groups in total. The molecule has 0 bridgehead atoms. The van der Waals surface area contributed by atoms with Crippen LogP contribution >= 0.6 is 11.6 Å². The molecule has 0 saturated carbocycles. The summed E-state index contributed by atoms with van der Waals surface area (Å²) in [6, 6.07) is 16.2. The average Bonchev–Trinajstić information content (AvgIpc) is 3.66. The van der Waals surface area contributed by atoms with Gasteiger partial charge in [-0.05, 0) is 68.0 Å². The molecule has 3 aromatic heterocycles. The molecule has 0 unspecified atom stereocenters. The molecular formula is C37H36ClN7O3. The second-order valence-electron chi connectivity index (χ2n) is 13.3. The zero-order valence-electron chi connectivity index (χ0n) is 27.4. The van der Waals surface area contributed by atoms with Crippen LogP contribution in [0.1, 0.15) is 47.7 Å². The fourth-order valence-corrected chi connectivity index (χ4v) is 8.13. The summed E-state index contributed by atoms with van der Waals surface area (Å²) in [7, 11) is 3.31. The van der Waals surface area contributed by atoms with Crippen molar-refractivity contribution in [3.8, 4) is 28.3 Å². The Hall–Kier alpha value is -4.80. The van der Waals surface area contributed by atoms with Crippen LogP contribution in [0.25, 0.3) is 33.2 Å². The van der Waals surface area contributed by atoms with Crippen LogP contribution in [0, 0.1) is 13.8 Å². The molecule has 2 saturated heterocycles. The van der Waals surface area contributed by atoms with Crippen molar-refractivity contribution in [2.24, 2.45) is 7.05 Å². The van der Waals surface area contributed by atoms with E-state index in [1.54, 1.807) is 20.4 Å². The molecule has 3 aliphatic rings. The van der Waals surface area contributed by atoms with E-state index in [-0.39, 0.29) is 23.0 Å². The van der Waals surface area contributed by atoms with Crippen molar-refractivity contribution in [2.45, 2.75) is 51.1 Å². The van der Waals surface area contributed by atoms with Crippen molar-refractivity contribution in [1.82, 2.24) is 30.0 Å². The number of ether oxygens (including phenoxy) is 1. The summed E-state index contributed by atoms with van der Waals surface area (Å²) in [6.07, 6.45) is 5.11. The van der Waals surface area contributed by atoms with Crippen molar-refractivity contribution in [3.63, 3.8) is 0 Å². The lowest BCUT2D eigenvalue weighted by Gasteiger charge is -2.50. The first-order valence-corrected chi connectivity index (χ1v) is 16.6. The maximum absolute atomic E-state index is 13.1. The summed E-state index contributed by atoms with van der Waals surface area (Å²) < 4.78 is 7.23. The third-order valence-corrected chi connectivity index (χ3v) is 10.6. The Balaban J connectivity index is 1.12. The SMILES string of the molecule is COc1nc(-c2cccc(-c3cccc(Nc4nc(C)cc5cnn(C)c(=O)c45)c3C)c2Cl)cc2c1[C@H](N1CC3(CCC(=O)N3)C1)CC2. The van der Waals surface area contributed by atoms with Gasteiger partial charge in [-0.2, -0.15) is 5.10 Å². The highest BCUT2D eigenvalue weighted by Crippen LogP contribution is 2.47. The van der Waals surface area contributed by atoms with Crippen LogP contribution in [0.15, 0.2) is 59.5 Å². The number of aryl methyl sites for hydroxylation is 3. The molecule has 48 heavy (non-hydrogen) atoms.